The molecule has 7 heterocycles. The third-order valence-corrected chi connectivity index (χ3v) is 16.5. The van der Waals surface area contributed by atoms with Crippen molar-refractivity contribution in [2.24, 2.45) is 5.41 Å². The highest BCUT2D eigenvalue weighted by molar-refractivity contribution is 7.90. The average molecular weight is 947 g/mol. The molecule has 17 nitrogen and oxygen atoms in total. The first-order chi connectivity index (χ1) is 32.9. The summed E-state index contributed by atoms with van der Waals surface area (Å²) >= 11 is 0. The van der Waals surface area contributed by atoms with Crippen LogP contribution in [-0.2, 0) is 19.5 Å². The van der Waals surface area contributed by atoms with E-state index in [9.17, 15) is 23.3 Å². The van der Waals surface area contributed by atoms with Crippen LogP contribution in [0.4, 0.5) is 28.4 Å². The number of aromatic amines is 1. The molecule has 18 heteroatoms. The van der Waals surface area contributed by atoms with Crippen LogP contribution in [0.25, 0.3) is 11.0 Å². The molecule has 358 valence electrons. The summed E-state index contributed by atoms with van der Waals surface area (Å²) in [6, 6.07) is 21.2. The molecule has 4 fully saturated rings. The summed E-state index contributed by atoms with van der Waals surface area (Å²) in [6.45, 7) is 9.46. The van der Waals surface area contributed by atoms with E-state index in [0.29, 0.717) is 79.1 Å². The predicted octanol–water partition coefficient (Wildman–Crippen LogP) is 7.81. The molecule has 3 aromatic carbocycles. The van der Waals surface area contributed by atoms with Crippen molar-refractivity contribution < 1.29 is 37.1 Å². The summed E-state index contributed by atoms with van der Waals surface area (Å²) < 4.78 is 54.0. The Balaban J connectivity index is 0.856. The average Bonchev–Trinajstić information content (AvgIpc) is 3.97. The van der Waals surface area contributed by atoms with Crippen molar-refractivity contribution in [1.29, 1.82) is 0 Å². The zero-order valence-corrected chi connectivity index (χ0v) is 39.3. The second kappa shape index (κ2) is 17.9. The van der Waals surface area contributed by atoms with Crippen LogP contribution >= 0.6 is 0 Å². The second-order valence-electron chi connectivity index (χ2n) is 19.6. The predicted molar refractivity (Wildman–Crippen MR) is 257 cm³/mol. The quantitative estimate of drug-likeness (QED) is 0.0907. The van der Waals surface area contributed by atoms with Gasteiger partial charge in [0.05, 0.1) is 53.5 Å². The van der Waals surface area contributed by atoms with Crippen LogP contribution in [0.1, 0.15) is 92.2 Å². The van der Waals surface area contributed by atoms with Crippen LogP contribution in [0.15, 0.2) is 77.8 Å². The van der Waals surface area contributed by atoms with Gasteiger partial charge in [0.15, 0.2) is 11.4 Å². The van der Waals surface area contributed by atoms with Gasteiger partial charge in [-0.2, -0.15) is 4.98 Å². The maximum atomic E-state index is 14.5. The lowest BCUT2D eigenvalue weighted by molar-refractivity contribution is -0.384. The zero-order chi connectivity index (χ0) is 46.7. The van der Waals surface area contributed by atoms with E-state index >= 15 is 0 Å². The fourth-order valence-corrected chi connectivity index (χ4v) is 12.6. The van der Waals surface area contributed by atoms with Gasteiger partial charge in [0.1, 0.15) is 24.0 Å². The number of H-pyrrole nitrogens is 1. The zero-order valence-electron chi connectivity index (χ0n) is 38.4. The highest BCUT2D eigenvalue weighted by atomic mass is 32.2. The number of aromatic nitrogens is 2. The highest BCUT2D eigenvalue weighted by Gasteiger charge is 2.50. The maximum absolute atomic E-state index is 14.5. The summed E-state index contributed by atoms with van der Waals surface area (Å²) in [6.07, 6.45) is 8.96. The van der Waals surface area contributed by atoms with Crippen molar-refractivity contribution in [1.82, 2.24) is 19.6 Å². The van der Waals surface area contributed by atoms with Gasteiger partial charge in [-0.3, -0.25) is 19.8 Å². The molecule has 0 unspecified atom stereocenters. The van der Waals surface area contributed by atoms with Crippen LogP contribution in [0.2, 0.25) is 0 Å². The lowest BCUT2D eigenvalue weighted by Gasteiger charge is -2.56. The van der Waals surface area contributed by atoms with Crippen LogP contribution in [-0.4, -0.2) is 112 Å². The number of hydrogen-bond donors (Lipinski definition) is 3. The number of pyridine rings is 1. The number of anilines is 4. The van der Waals surface area contributed by atoms with Crippen molar-refractivity contribution in [3.8, 4) is 11.6 Å². The van der Waals surface area contributed by atoms with E-state index < -0.39 is 43.6 Å². The highest BCUT2D eigenvalue weighted by Crippen LogP contribution is 2.54. The van der Waals surface area contributed by atoms with E-state index in [-0.39, 0.29) is 30.2 Å². The topological polar surface area (TPSA) is 194 Å². The molecule has 68 heavy (non-hydrogen) atoms. The third-order valence-electron chi connectivity index (χ3n) is 15.1. The number of benzene rings is 3. The Morgan fingerprint density at radius 1 is 0.941 bits per heavy atom. The van der Waals surface area contributed by atoms with E-state index in [4.69, 9.17) is 23.9 Å². The molecule has 1 spiro atoms. The van der Waals surface area contributed by atoms with Gasteiger partial charge in [-0.25, -0.2) is 13.1 Å². The van der Waals surface area contributed by atoms with E-state index in [1.807, 2.05) is 29.2 Å². The number of carbonyl (C=O) groups excluding carboxylic acids is 1. The van der Waals surface area contributed by atoms with Gasteiger partial charge in [-0.05, 0) is 104 Å². The molecule has 5 aromatic rings. The number of nitro benzene ring substituents is 1. The molecule has 3 N–H and O–H groups in total. The van der Waals surface area contributed by atoms with Crippen LogP contribution in [0, 0.1) is 15.5 Å². The fourth-order valence-electron chi connectivity index (χ4n) is 11.6. The Morgan fingerprint density at radius 3 is 2.57 bits per heavy atom. The van der Waals surface area contributed by atoms with Gasteiger partial charge in [-0.1, -0.05) is 38.1 Å². The molecule has 2 aromatic heterocycles. The first-order valence-electron chi connectivity index (χ1n) is 24.0. The number of amides is 1. The smallest absolute Gasteiger partial charge is 0.297 e. The Hall–Kier alpha value is -5.95. The third kappa shape index (κ3) is 8.28. The fraction of sp³-hybridized carbons (Fsp3) is 0.480. The minimum atomic E-state index is -4.67. The largest absolute Gasteiger partial charge is 0.489 e. The van der Waals surface area contributed by atoms with Crippen LogP contribution < -0.4 is 29.3 Å². The van der Waals surface area contributed by atoms with Crippen molar-refractivity contribution in [3.63, 3.8) is 0 Å². The summed E-state index contributed by atoms with van der Waals surface area (Å²) in [4.78, 5) is 40.9. The number of ether oxygens (including phenoxy) is 4. The number of fused-ring (bicyclic) bond motifs is 3. The standard InChI is InChI=1S/C50H58N8O9S/c1-31(2)36-7-3-4-8-37(36)40-9-5-16-56(40)34-27-50(28-34)13-18-55(19-14-50)33-10-11-38(41(24-33)57-17-6-20-66-49-43(57)23-32-12-15-51-47(32)53-49)48(59)54-68(62,63)35-25-42(58(60)61)46-44(26-35)67-29-39(52-46)45-30-64-21-22-65-45/h3-4,7-8,10-12,15,23-26,31,34,39-40,45,52H,5-6,9,13-14,16-22,27-30H2,1-2H3,(H,51,53)(H,54,59)/t39-,40-,45+/m0/s1. The lowest BCUT2D eigenvalue weighted by atomic mass is 9.59. The number of rotatable bonds is 10. The monoisotopic (exact) mass is 946 g/mol. The molecule has 1 saturated carbocycles. The Kier molecular flexibility index (Phi) is 11.7. The number of likely N-dealkylation sites (tertiary alicyclic amines) is 1. The molecule has 5 aliphatic heterocycles. The maximum Gasteiger partial charge on any atom is 0.297 e. The summed E-state index contributed by atoms with van der Waals surface area (Å²) in [5.74, 6) is -0.0292. The van der Waals surface area contributed by atoms with Gasteiger partial charge in [0.25, 0.3) is 21.6 Å². The number of sulfonamides is 1. The Morgan fingerprint density at radius 2 is 1.78 bits per heavy atom. The number of piperidine rings is 1. The van der Waals surface area contributed by atoms with E-state index in [1.165, 1.54) is 42.9 Å². The van der Waals surface area contributed by atoms with Gasteiger partial charge in [-0.15, -0.1) is 0 Å². The number of nitrogens with one attached hydrogen (secondary N) is 3. The lowest BCUT2D eigenvalue weighted by Crippen LogP contribution is -2.55. The van der Waals surface area contributed by atoms with Gasteiger partial charge < -0.3 is 39.0 Å². The number of nitrogens with zero attached hydrogens (tertiary/aromatic N) is 5. The molecular weight excluding hydrogens is 889 g/mol. The van der Waals surface area contributed by atoms with Crippen molar-refractivity contribution in [2.45, 2.75) is 93.8 Å². The van der Waals surface area contributed by atoms with E-state index in [0.717, 1.165) is 49.6 Å². The first-order valence-corrected chi connectivity index (χ1v) is 25.5. The Labute approximate surface area is 395 Å². The SMILES string of the molecule is CC(C)c1ccccc1[C@@H]1CCCN1C1CC2(CCN(c3ccc(C(=O)NS(=O)(=O)c4cc5c(c([N+](=O)[O-])c4)N[C@H]([C@H]4COCCO4)CO5)c(N4CCCOc5nc6[nH]ccc6cc54)c3)CC2)C1. The van der Waals surface area contributed by atoms with Gasteiger partial charge >= 0.3 is 0 Å². The van der Waals surface area contributed by atoms with Crippen molar-refractivity contribution >= 4 is 55.4 Å². The van der Waals surface area contributed by atoms with Crippen LogP contribution in [0.5, 0.6) is 11.6 Å². The van der Waals surface area contributed by atoms with Gasteiger partial charge in [0.2, 0.25) is 5.88 Å². The Bertz CT molecular complexity index is 2850. The second-order valence-corrected chi connectivity index (χ2v) is 21.2. The molecule has 3 saturated heterocycles. The number of carbonyl (C=O) groups is 1. The molecule has 0 radical (unpaired) electrons. The van der Waals surface area contributed by atoms with E-state index in [2.05, 4.69) is 62.9 Å². The molecule has 6 aliphatic rings. The number of nitro groups is 1. The summed E-state index contributed by atoms with van der Waals surface area (Å²) in [5.41, 5.74) is 5.61. The minimum absolute atomic E-state index is 0.0248. The van der Waals surface area contributed by atoms with Crippen LogP contribution in [0.3, 0.4) is 0 Å². The normalized spacial score (nSPS) is 23.0. The summed E-state index contributed by atoms with van der Waals surface area (Å²) in [5, 5.41) is 16.4. The summed E-state index contributed by atoms with van der Waals surface area (Å²) in [7, 11) is -4.67. The van der Waals surface area contributed by atoms with E-state index in [1.54, 1.807) is 12.3 Å². The molecular formula is C50H58N8O9S. The van der Waals surface area contributed by atoms with Crippen molar-refractivity contribution in [2.75, 3.05) is 74.3 Å². The molecule has 1 amide bonds. The van der Waals surface area contributed by atoms with Crippen molar-refractivity contribution in [3.05, 3.63) is 99.7 Å². The first kappa shape index (κ1) is 44.5. The van der Waals surface area contributed by atoms with Gasteiger partial charge in [0, 0.05) is 61.1 Å². The molecule has 11 rings (SSSR count). The molecule has 0 bridgehead atoms. The molecule has 3 atom stereocenters. The number of hydrogen-bond acceptors (Lipinski definition) is 14. The molecule has 1 aliphatic carbocycles. The minimum Gasteiger partial charge on any atom is -0.489 e.